The molecule has 0 saturated carbocycles. The van der Waals surface area contributed by atoms with Crippen molar-refractivity contribution in [3.05, 3.63) is 35.8 Å². The minimum absolute atomic E-state index is 0.185. The van der Waals surface area contributed by atoms with Gasteiger partial charge in [0.1, 0.15) is 11.6 Å². The van der Waals surface area contributed by atoms with Crippen LogP contribution in [0.15, 0.2) is 24.4 Å². The van der Waals surface area contributed by atoms with Crippen molar-refractivity contribution in [2.24, 2.45) is 5.73 Å². The molecular formula is C10H10FN3. The minimum Gasteiger partial charge on any atom is -0.383 e. The first-order chi connectivity index (χ1) is 6.74. The van der Waals surface area contributed by atoms with Gasteiger partial charge in [0.15, 0.2) is 0 Å². The van der Waals surface area contributed by atoms with Crippen LogP contribution < -0.4 is 11.5 Å². The highest BCUT2D eigenvalue weighted by Crippen LogP contribution is 2.23. The highest BCUT2D eigenvalue weighted by molar-refractivity contribution is 5.91. The third kappa shape index (κ3) is 1.20. The van der Waals surface area contributed by atoms with Gasteiger partial charge in [0.25, 0.3) is 0 Å². The summed E-state index contributed by atoms with van der Waals surface area (Å²) in [5.41, 5.74) is 11.5. The van der Waals surface area contributed by atoms with Crippen LogP contribution in [0.25, 0.3) is 10.8 Å². The van der Waals surface area contributed by atoms with Gasteiger partial charge in [-0.2, -0.15) is 0 Å². The van der Waals surface area contributed by atoms with Crippen molar-refractivity contribution >= 4 is 16.6 Å². The predicted molar refractivity (Wildman–Crippen MR) is 54.0 cm³/mol. The van der Waals surface area contributed by atoms with Gasteiger partial charge in [-0.3, -0.25) is 0 Å². The molecule has 3 nitrogen and oxygen atoms in total. The summed E-state index contributed by atoms with van der Waals surface area (Å²) in [5.74, 6) is 0.0315. The Morgan fingerprint density at radius 2 is 2.00 bits per heavy atom. The van der Waals surface area contributed by atoms with Crippen molar-refractivity contribution in [1.82, 2.24) is 4.98 Å². The summed E-state index contributed by atoms with van der Waals surface area (Å²) in [7, 11) is 0. The SMILES string of the molecule is NCc1ccc2c(N)nccc2c1F. The number of nitrogens with zero attached hydrogens (tertiary/aromatic N) is 1. The van der Waals surface area contributed by atoms with E-state index in [1.54, 1.807) is 18.2 Å². The Kier molecular flexibility index (Phi) is 2.05. The van der Waals surface area contributed by atoms with Crippen LogP contribution in [0.1, 0.15) is 5.56 Å². The maximum atomic E-state index is 13.7. The fourth-order valence-electron chi connectivity index (χ4n) is 1.44. The summed E-state index contributed by atoms with van der Waals surface area (Å²) in [6.45, 7) is 0.185. The van der Waals surface area contributed by atoms with Crippen molar-refractivity contribution in [2.45, 2.75) is 6.54 Å². The van der Waals surface area contributed by atoms with Gasteiger partial charge in [0, 0.05) is 29.1 Å². The van der Waals surface area contributed by atoms with Crippen LogP contribution in [0.5, 0.6) is 0 Å². The number of nitrogen functional groups attached to an aromatic ring is 1. The number of pyridine rings is 1. The molecule has 1 aromatic heterocycles. The molecule has 0 atom stereocenters. The standard InChI is InChI=1S/C10H10FN3/c11-9-6(5-12)1-2-8-7(9)3-4-14-10(8)13/h1-4H,5,12H2,(H2,13,14). The smallest absolute Gasteiger partial charge is 0.135 e. The number of fused-ring (bicyclic) bond motifs is 1. The van der Waals surface area contributed by atoms with E-state index in [1.165, 1.54) is 6.20 Å². The molecule has 2 aromatic rings. The Balaban J connectivity index is 2.84. The normalized spacial score (nSPS) is 10.7. The number of nitrogens with two attached hydrogens (primary N) is 2. The first-order valence-electron chi connectivity index (χ1n) is 4.25. The van der Waals surface area contributed by atoms with Gasteiger partial charge >= 0.3 is 0 Å². The van der Waals surface area contributed by atoms with Gasteiger partial charge in [-0.25, -0.2) is 9.37 Å². The van der Waals surface area contributed by atoms with E-state index < -0.39 is 0 Å². The quantitative estimate of drug-likeness (QED) is 0.716. The molecule has 1 aromatic carbocycles. The Morgan fingerprint density at radius 1 is 1.21 bits per heavy atom. The molecular weight excluding hydrogens is 181 g/mol. The molecule has 72 valence electrons. The van der Waals surface area contributed by atoms with Gasteiger partial charge in [-0.1, -0.05) is 12.1 Å². The molecule has 0 aliphatic heterocycles. The summed E-state index contributed by atoms with van der Waals surface area (Å²) in [4.78, 5) is 3.88. The van der Waals surface area contributed by atoms with Crippen LogP contribution in [0.3, 0.4) is 0 Å². The van der Waals surface area contributed by atoms with Gasteiger partial charge < -0.3 is 11.5 Å². The Bertz CT molecular complexity index is 482. The van der Waals surface area contributed by atoms with E-state index >= 15 is 0 Å². The number of hydrogen-bond donors (Lipinski definition) is 2. The number of aromatic nitrogens is 1. The summed E-state index contributed by atoms with van der Waals surface area (Å²) in [6, 6.07) is 4.97. The molecule has 0 fully saturated rings. The van der Waals surface area contributed by atoms with Crippen molar-refractivity contribution in [3.8, 4) is 0 Å². The Hall–Kier alpha value is -1.68. The first kappa shape index (κ1) is 8.90. The lowest BCUT2D eigenvalue weighted by Gasteiger charge is -2.05. The fraction of sp³-hybridized carbons (Fsp3) is 0.100. The van der Waals surface area contributed by atoms with Gasteiger partial charge in [0.2, 0.25) is 0 Å². The number of benzene rings is 1. The molecule has 0 radical (unpaired) electrons. The third-order valence-corrected chi connectivity index (χ3v) is 2.21. The van der Waals surface area contributed by atoms with Crippen molar-refractivity contribution in [3.63, 3.8) is 0 Å². The zero-order valence-electron chi connectivity index (χ0n) is 7.50. The zero-order chi connectivity index (χ0) is 10.1. The maximum Gasteiger partial charge on any atom is 0.135 e. The molecule has 0 bridgehead atoms. The van der Waals surface area contributed by atoms with E-state index in [4.69, 9.17) is 11.5 Å². The van der Waals surface area contributed by atoms with Crippen LogP contribution in [0, 0.1) is 5.82 Å². The topological polar surface area (TPSA) is 64.9 Å². The second-order valence-electron chi connectivity index (χ2n) is 3.03. The summed E-state index contributed by atoms with van der Waals surface area (Å²) in [5, 5.41) is 1.10. The second-order valence-corrected chi connectivity index (χ2v) is 3.03. The third-order valence-electron chi connectivity index (χ3n) is 2.21. The van der Waals surface area contributed by atoms with E-state index in [-0.39, 0.29) is 12.4 Å². The van der Waals surface area contributed by atoms with Crippen LogP contribution >= 0.6 is 0 Å². The number of halogens is 1. The van der Waals surface area contributed by atoms with Gasteiger partial charge in [-0.15, -0.1) is 0 Å². The molecule has 0 amide bonds. The van der Waals surface area contributed by atoms with E-state index in [9.17, 15) is 4.39 Å². The molecule has 4 heteroatoms. The number of hydrogen-bond acceptors (Lipinski definition) is 3. The molecule has 14 heavy (non-hydrogen) atoms. The lowest BCUT2D eigenvalue weighted by molar-refractivity contribution is 0.622. The fourth-order valence-corrected chi connectivity index (χ4v) is 1.44. The molecule has 1 heterocycles. The largest absolute Gasteiger partial charge is 0.383 e. The molecule has 4 N–H and O–H groups in total. The number of rotatable bonds is 1. The summed E-state index contributed by atoms with van der Waals surface area (Å²) >= 11 is 0. The van der Waals surface area contributed by atoms with E-state index in [2.05, 4.69) is 4.98 Å². The van der Waals surface area contributed by atoms with E-state index in [0.717, 1.165) is 0 Å². The monoisotopic (exact) mass is 191 g/mol. The predicted octanol–water partition coefficient (Wildman–Crippen LogP) is 1.41. The van der Waals surface area contributed by atoms with E-state index in [1.807, 2.05) is 0 Å². The lowest BCUT2D eigenvalue weighted by Crippen LogP contribution is -2.01. The maximum absolute atomic E-state index is 13.7. The Labute approximate surface area is 80.5 Å². The first-order valence-corrected chi connectivity index (χ1v) is 4.25. The highest BCUT2D eigenvalue weighted by atomic mass is 19.1. The van der Waals surface area contributed by atoms with Crippen LogP contribution in [0.2, 0.25) is 0 Å². The average Bonchev–Trinajstić information content (AvgIpc) is 2.20. The van der Waals surface area contributed by atoms with E-state index in [0.29, 0.717) is 22.2 Å². The molecule has 0 saturated heterocycles. The zero-order valence-corrected chi connectivity index (χ0v) is 7.50. The lowest BCUT2D eigenvalue weighted by atomic mass is 10.1. The molecule has 0 aliphatic carbocycles. The van der Waals surface area contributed by atoms with Gasteiger partial charge in [0.05, 0.1) is 0 Å². The summed E-state index contributed by atoms with van der Waals surface area (Å²) < 4.78 is 13.7. The molecule has 0 unspecified atom stereocenters. The number of anilines is 1. The van der Waals surface area contributed by atoms with Crippen LogP contribution in [-0.4, -0.2) is 4.98 Å². The van der Waals surface area contributed by atoms with Gasteiger partial charge in [-0.05, 0) is 6.07 Å². The van der Waals surface area contributed by atoms with Crippen molar-refractivity contribution in [1.29, 1.82) is 0 Å². The van der Waals surface area contributed by atoms with Crippen LogP contribution in [0.4, 0.5) is 10.2 Å². The minimum atomic E-state index is -0.306. The molecule has 2 rings (SSSR count). The molecule has 0 aliphatic rings. The summed E-state index contributed by atoms with van der Waals surface area (Å²) in [6.07, 6.45) is 1.49. The van der Waals surface area contributed by atoms with Crippen molar-refractivity contribution < 1.29 is 4.39 Å². The van der Waals surface area contributed by atoms with Crippen molar-refractivity contribution in [2.75, 3.05) is 5.73 Å². The van der Waals surface area contributed by atoms with Crippen LogP contribution in [-0.2, 0) is 6.54 Å². The Morgan fingerprint density at radius 3 is 2.71 bits per heavy atom. The second kappa shape index (κ2) is 3.23. The average molecular weight is 191 g/mol. The molecule has 0 spiro atoms. The highest BCUT2D eigenvalue weighted by Gasteiger charge is 2.07.